The number of esters is 3. The summed E-state index contributed by atoms with van der Waals surface area (Å²) in [5, 5.41) is 0. The lowest BCUT2D eigenvalue weighted by molar-refractivity contribution is -0.157. The summed E-state index contributed by atoms with van der Waals surface area (Å²) in [7, 11) is 0. The third-order valence-electron chi connectivity index (χ3n) is 3.25. The summed E-state index contributed by atoms with van der Waals surface area (Å²) in [4.78, 5) is 46.8. The molecule has 0 aliphatic carbocycles. The molecule has 3 unspecified atom stereocenters. The summed E-state index contributed by atoms with van der Waals surface area (Å²) in [6, 6.07) is -1.06. The molecule has 12 nitrogen and oxygen atoms in total. The van der Waals surface area contributed by atoms with Crippen LogP contribution < -0.4 is 14.2 Å². The smallest absolute Gasteiger partial charge is 0.336 e. The van der Waals surface area contributed by atoms with Gasteiger partial charge in [0, 0.05) is 37.5 Å². The molecule has 0 aliphatic heterocycles. The van der Waals surface area contributed by atoms with Crippen molar-refractivity contribution >= 4 is 17.9 Å². The van der Waals surface area contributed by atoms with Crippen molar-refractivity contribution in [3.63, 3.8) is 0 Å². The van der Waals surface area contributed by atoms with E-state index in [9.17, 15) is 14.4 Å². The third kappa shape index (κ3) is 9.80. The maximum Gasteiger partial charge on any atom is 0.336 e. The van der Waals surface area contributed by atoms with Gasteiger partial charge in [-0.3, -0.25) is 0 Å². The van der Waals surface area contributed by atoms with Crippen LogP contribution in [0.15, 0.2) is 36.5 Å². The van der Waals surface area contributed by atoms with Crippen LogP contribution in [0.3, 0.4) is 0 Å². The van der Waals surface area contributed by atoms with Crippen molar-refractivity contribution in [3.8, 4) is 18.0 Å². The van der Waals surface area contributed by atoms with E-state index in [1.165, 1.54) is 41.5 Å². The molecule has 0 fully saturated rings. The third-order valence-corrected chi connectivity index (χ3v) is 3.25. The Labute approximate surface area is 191 Å². The molecule has 33 heavy (non-hydrogen) atoms. The molecule has 1 aromatic heterocycles. The minimum absolute atomic E-state index is 0.162. The molecule has 180 valence electrons. The molecule has 0 bridgehead atoms. The highest BCUT2D eigenvalue weighted by molar-refractivity contribution is 5.87. The molecular weight excluding hydrogens is 438 g/mol. The van der Waals surface area contributed by atoms with Crippen molar-refractivity contribution in [3.05, 3.63) is 36.5 Å². The number of nitrogens with zero attached hydrogens (tertiary/aromatic N) is 3. The Balaban J connectivity index is 3.08. The van der Waals surface area contributed by atoms with Crippen LogP contribution in [0.5, 0.6) is 18.0 Å². The predicted molar refractivity (Wildman–Crippen MR) is 113 cm³/mol. The number of carbonyl (C=O) groups excluding carboxylic acids is 3. The van der Waals surface area contributed by atoms with Crippen LogP contribution in [0.4, 0.5) is 0 Å². The molecule has 0 spiro atoms. The second kappa shape index (κ2) is 12.2. The molecule has 0 radical (unpaired) electrons. The zero-order valence-electron chi connectivity index (χ0n) is 19.4. The largest absolute Gasteiger partial charge is 0.423 e. The van der Waals surface area contributed by atoms with Crippen molar-refractivity contribution in [2.24, 2.45) is 0 Å². The number of aromatic nitrogens is 3. The van der Waals surface area contributed by atoms with Crippen LogP contribution in [-0.2, 0) is 28.6 Å². The Kier molecular flexibility index (Phi) is 9.99. The van der Waals surface area contributed by atoms with Crippen LogP contribution >= 0.6 is 0 Å². The van der Waals surface area contributed by atoms with E-state index in [1.54, 1.807) is 0 Å². The standard InChI is InChI=1S/C21H27N3O9/c1-10(2)16(25)28-13(7)31-19-22-20(32-14(8)29-17(26)11(3)4)24-21(23-19)33-15(9)30-18(27)12(5)6/h13-15H,1,3,5H2,2,4,6-9H3. The maximum absolute atomic E-state index is 11.7. The molecule has 1 rings (SSSR count). The summed E-state index contributed by atoms with van der Waals surface area (Å²) < 4.78 is 31.1. The Morgan fingerprint density at radius 3 is 0.970 bits per heavy atom. The van der Waals surface area contributed by atoms with Gasteiger partial charge in [-0.25, -0.2) is 14.4 Å². The van der Waals surface area contributed by atoms with Crippen LogP contribution in [0.1, 0.15) is 41.5 Å². The van der Waals surface area contributed by atoms with Gasteiger partial charge >= 0.3 is 35.9 Å². The van der Waals surface area contributed by atoms with Gasteiger partial charge in [-0.05, 0) is 20.8 Å². The highest BCUT2D eigenvalue weighted by Crippen LogP contribution is 2.19. The molecular formula is C21H27N3O9. The van der Waals surface area contributed by atoms with Crippen LogP contribution in [0, 0.1) is 0 Å². The zero-order valence-corrected chi connectivity index (χ0v) is 19.4. The molecule has 0 saturated carbocycles. The molecule has 0 aromatic carbocycles. The fourth-order valence-electron chi connectivity index (χ4n) is 1.75. The average Bonchev–Trinajstić information content (AvgIpc) is 2.66. The minimum atomic E-state index is -1.12. The van der Waals surface area contributed by atoms with E-state index in [-0.39, 0.29) is 34.8 Å². The molecule has 0 saturated heterocycles. The maximum atomic E-state index is 11.7. The number of rotatable bonds is 12. The topological polar surface area (TPSA) is 145 Å². The number of hydrogen-bond acceptors (Lipinski definition) is 12. The Bertz CT molecular complexity index is 814. The van der Waals surface area contributed by atoms with Gasteiger partial charge in [-0.15, -0.1) is 15.0 Å². The van der Waals surface area contributed by atoms with Crippen LogP contribution in [0.25, 0.3) is 0 Å². The van der Waals surface area contributed by atoms with Gasteiger partial charge in [0.05, 0.1) is 0 Å². The van der Waals surface area contributed by atoms with E-state index >= 15 is 0 Å². The fraction of sp³-hybridized carbons (Fsp3) is 0.429. The first-order chi connectivity index (χ1) is 15.3. The van der Waals surface area contributed by atoms with E-state index < -0.39 is 36.8 Å². The van der Waals surface area contributed by atoms with Gasteiger partial charge in [0.1, 0.15) is 0 Å². The molecule has 1 heterocycles. The average molecular weight is 465 g/mol. The quantitative estimate of drug-likeness (QED) is 0.193. The predicted octanol–water partition coefficient (Wildman–Crippen LogP) is 2.40. The molecule has 0 amide bonds. The van der Waals surface area contributed by atoms with Gasteiger partial charge in [-0.2, -0.15) is 0 Å². The van der Waals surface area contributed by atoms with E-state index in [2.05, 4.69) is 34.7 Å². The summed E-state index contributed by atoms with van der Waals surface area (Å²) in [6.45, 7) is 19.1. The lowest BCUT2D eigenvalue weighted by Gasteiger charge is -2.18. The number of ether oxygens (including phenoxy) is 6. The fourth-order valence-corrected chi connectivity index (χ4v) is 1.75. The van der Waals surface area contributed by atoms with Crippen molar-refractivity contribution in [2.45, 2.75) is 60.4 Å². The summed E-state index contributed by atoms with van der Waals surface area (Å²) in [5.41, 5.74) is 0.487. The van der Waals surface area contributed by atoms with Crippen molar-refractivity contribution in [1.29, 1.82) is 0 Å². The van der Waals surface area contributed by atoms with E-state index in [0.29, 0.717) is 0 Å². The second-order valence-corrected chi connectivity index (χ2v) is 6.80. The SMILES string of the molecule is C=C(C)C(=O)OC(C)Oc1nc(OC(C)OC(=O)C(=C)C)nc(OC(C)OC(=O)C(=C)C)n1. The van der Waals surface area contributed by atoms with Gasteiger partial charge in [0.2, 0.25) is 18.9 Å². The summed E-state index contributed by atoms with van der Waals surface area (Å²) in [5.74, 6) is -2.07. The van der Waals surface area contributed by atoms with E-state index in [4.69, 9.17) is 28.4 Å². The van der Waals surface area contributed by atoms with Crippen molar-refractivity contribution in [1.82, 2.24) is 15.0 Å². The molecule has 12 heteroatoms. The first-order valence-corrected chi connectivity index (χ1v) is 9.64. The van der Waals surface area contributed by atoms with Crippen LogP contribution in [-0.4, -0.2) is 51.7 Å². The first-order valence-electron chi connectivity index (χ1n) is 9.64. The second-order valence-electron chi connectivity index (χ2n) is 6.80. The highest BCUT2D eigenvalue weighted by Gasteiger charge is 2.20. The van der Waals surface area contributed by atoms with Gasteiger partial charge in [0.15, 0.2) is 0 Å². The Morgan fingerprint density at radius 1 is 0.576 bits per heavy atom. The lowest BCUT2D eigenvalue weighted by Crippen LogP contribution is -2.25. The van der Waals surface area contributed by atoms with Crippen LogP contribution in [0.2, 0.25) is 0 Å². The summed E-state index contributed by atoms with van der Waals surface area (Å²) in [6.07, 6.45) is -3.35. The van der Waals surface area contributed by atoms with Crippen molar-refractivity contribution in [2.75, 3.05) is 0 Å². The zero-order chi connectivity index (χ0) is 25.3. The lowest BCUT2D eigenvalue weighted by atomic mass is 10.4. The van der Waals surface area contributed by atoms with Gasteiger partial charge in [0.25, 0.3) is 0 Å². The van der Waals surface area contributed by atoms with E-state index in [0.717, 1.165) is 0 Å². The number of hydrogen-bond donors (Lipinski definition) is 0. The summed E-state index contributed by atoms with van der Waals surface area (Å²) >= 11 is 0. The monoisotopic (exact) mass is 465 g/mol. The Morgan fingerprint density at radius 2 is 0.788 bits per heavy atom. The van der Waals surface area contributed by atoms with E-state index in [1.807, 2.05) is 0 Å². The van der Waals surface area contributed by atoms with Crippen molar-refractivity contribution < 1.29 is 42.8 Å². The normalized spacial score (nSPS) is 12.9. The van der Waals surface area contributed by atoms with Gasteiger partial charge < -0.3 is 28.4 Å². The number of carbonyl (C=O) groups is 3. The molecule has 0 N–H and O–H groups in total. The Hall–Kier alpha value is -3.96. The molecule has 0 aliphatic rings. The highest BCUT2D eigenvalue weighted by atomic mass is 16.7. The minimum Gasteiger partial charge on any atom is -0.423 e. The first kappa shape index (κ1) is 27.1. The molecule has 1 aromatic rings. The molecule has 3 atom stereocenters. The van der Waals surface area contributed by atoms with Gasteiger partial charge in [-0.1, -0.05) is 19.7 Å².